The van der Waals surface area contributed by atoms with Crippen molar-refractivity contribution in [3.05, 3.63) is 267 Å². The van der Waals surface area contributed by atoms with E-state index < -0.39 is 0 Å². The molecule has 1 unspecified atom stereocenters. The van der Waals surface area contributed by atoms with Crippen LogP contribution in [0.4, 0.5) is 0 Å². The molecule has 0 saturated carbocycles. The molecule has 0 aliphatic rings. The Balaban J connectivity index is 0.000000168. The van der Waals surface area contributed by atoms with Crippen molar-refractivity contribution in [2.24, 2.45) is 0 Å². The van der Waals surface area contributed by atoms with E-state index in [9.17, 15) is 0 Å². The van der Waals surface area contributed by atoms with Gasteiger partial charge in [0.05, 0.1) is 29.9 Å². The van der Waals surface area contributed by atoms with Crippen LogP contribution in [0.3, 0.4) is 0 Å². The molecule has 0 N–H and O–H groups in total. The van der Waals surface area contributed by atoms with E-state index >= 15 is 0 Å². The zero-order valence-electron chi connectivity index (χ0n) is 38.6. The van der Waals surface area contributed by atoms with Gasteiger partial charge in [-0.1, -0.05) is 140 Å². The number of pyridine rings is 2. The van der Waals surface area contributed by atoms with Crippen LogP contribution in [0, 0.1) is 12.1 Å². The second-order valence-electron chi connectivity index (χ2n) is 16.2. The van der Waals surface area contributed by atoms with Gasteiger partial charge in [0.1, 0.15) is 0 Å². The second-order valence-corrected chi connectivity index (χ2v) is 16.7. The Morgan fingerprint density at radius 3 is 1.20 bits per heavy atom. The van der Waals surface area contributed by atoms with E-state index in [2.05, 4.69) is 198 Å². The molecule has 13 rings (SSSR count). The first-order chi connectivity index (χ1) is 34.2. The van der Waals surface area contributed by atoms with Crippen molar-refractivity contribution in [3.63, 3.8) is 0 Å². The number of para-hydroxylation sites is 4. The maximum atomic E-state index is 4.81. The molecule has 0 aliphatic heterocycles. The van der Waals surface area contributed by atoms with Crippen molar-refractivity contribution in [1.29, 1.82) is 0 Å². The summed E-state index contributed by atoms with van der Waals surface area (Å²) in [6.07, 6.45) is 3.63. The quantitative estimate of drug-likeness (QED) is 0.0978. The van der Waals surface area contributed by atoms with Crippen LogP contribution in [0.25, 0.3) is 99.4 Å². The molecule has 4 heterocycles. The van der Waals surface area contributed by atoms with Crippen molar-refractivity contribution >= 4 is 71.5 Å². The maximum Gasteiger partial charge on any atom is 0.0709 e. The maximum absolute atomic E-state index is 4.81. The summed E-state index contributed by atoms with van der Waals surface area (Å²) in [5.74, 6) is 0. The third kappa shape index (κ3) is 11.0. The average Bonchev–Trinajstić information content (AvgIpc) is 3.95. The molecular formula is C63H46BIr2N4P-2. The first-order valence-electron chi connectivity index (χ1n) is 23.0. The molecule has 0 saturated heterocycles. The molecule has 0 aliphatic carbocycles. The van der Waals surface area contributed by atoms with Crippen LogP contribution in [0.2, 0.25) is 0 Å². The van der Waals surface area contributed by atoms with Crippen LogP contribution >= 0.6 is 9.24 Å². The Hall–Kier alpha value is -7.07. The smallest absolute Gasteiger partial charge is 0.0709 e. The van der Waals surface area contributed by atoms with Crippen LogP contribution < -0.4 is 0 Å². The molecule has 0 fully saturated rings. The van der Waals surface area contributed by atoms with Gasteiger partial charge in [0.25, 0.3) is 0 Å². The second kappa shape index (κ2) is 24.2. The predicted molar refractivity (Wildman–Crippen MR) is 295 cm³/mol. The van der Waals surface area contributed by atoms with Gasteiger partial charge in [0.2, 0.25) is 0 Å². The Bertz CT molecular complexity index is 3470. The van der Waals surface area contributed by atoms with Crippen molar-refractivity contribution < 1.29 is 40.2 Å². The SMILES string of the molecule is [B]CP.[Ir].[Ir].[c-]1ccccc1-c1ccccn1.[c-]1ccccc1-c1nccc2ccccc12.c1ccc2c(c1)c1ccccc1n2-c1ccc(-c2ccc(-n3c4ccccc4c4ccccc43)cc2)cc1. The van der Waals surface area contributed by atoms with Gasteiger partial charge in [-0.15, -0.1) is 81.0 Å². The van der Waals surface area contributed by atoms with Crippen LogP contribution in [0.5, 0.6) is 0 Å². The first-order valence-corrected chi connectivity index (χ1v) is 23.8. The van der Waals surface area contributed by atoms with Gasteiger partial charge in [0, 0.05) is 85.5 Å². The monoisotopic (exact) mass is 1290 g/mol. The molecule has 4 nitrogen and oxygen atoms in total. The summed E-state index contributed by atoms with van der Waals surface area (Å²) in [6, 6.07) is 91.4. The van der Waals surface area contributed by atoms with Gasteiger partial charge in [0.15, 0.2) is 0 Å². The minimum atomic E-state index is 0. The van der Waals surface area contributed by atoms with Crippen molar-refractivity contribution in [3.8, 4) is 45.0 Å². The molecule has 13 aromatic rings. The summed E-state index contributed by atoms with van der Waals surface area (Å²) in [5.41, 5.74) is 13.8. The van der Waals surface area contributed by atoms with Crippen molar-refractivity contribution in [1.82, 2.24) is 19.1 Å². The molecule has 9 aromatic carbocycles. The summed E-state index contributed by atoms with van der Waals surface area (Å²) in [4.78, 5) is 8.66. The van der Waals surface area contributed by atoms with Crippen LogP contribution in [-0.4, -0.2) is 33.0 Å². The Labute approximate surface area is 445 Å². The summed E-state index contributed by atoms with van der Waals surface area (Å²) < 4.78 is 4.72. The zero-order valence-corrected chi connectivity index (χ0v) is 44.5. The molecular weight excluding hydrogens is 1240 g/mol. The zero-order chi connectivity index (χ0) is 46.8. The van der Waals surface area contributed by atoms with Crippen LogP contribution in [0.1, 0.15) is 0 Å². The number of fused-ring (bicyclic) bond motifs is 7. The molecule has 71 heavy (non-hydrogen) atoms. The molecule has 4 radical (unpaired) electrons. The molecule has 0 spiro atoms. The summed E-state index contributed by atoms with van der Waals surface area (Å²) in [5, 5.41) is 7.53. The van der Waals surface area contributed by atoms with Gasteiger partial charge >= 0.3 is 0 Å². The summed E-state index contributed by atoms with van der Waals surface area (Å²) in [6.45, 7) is 0. The first kappa shape index (κ1) is 50.3. The number of hydrogen-bond acceptors (Lipinski definition) is 2. The minimum Gasteiger partial charge on any atom is -0.309 e. The number of hydrogen-bond donors (Lipinski definition) is 0. The molecule has 4 aromatic heterocycles. The van der Waals surface area contributed by atoms with Crippen molar-refractivity contribution in [2.75, 3.05) is 6.06 Å². The standard InChI is InChI=1S/C36H24N2.C15H10N.C11H8N.CH4BP.2Ir/c1-5-13-33-29(9-1)30-10-2-6-14-34(30)37(33)27-21-17-25(18-22-27)26-19-23-28(24-20-26)38-35-15-7-3-11-31(35)32-12-4-8-16-36(32)38;1-2-7-13(8-3-1)15-14-9-5-4-6-12(14)10-11-16-15;1-2-6-10(7-3-1)11-8-4-5-9-12-11;2-1-3;;/h1-24H;1-7,9-11H;1-6,8-9H;1,3H2;;/q;2*-1;;;. The van der Waals surface area contributed by atoms with Gasteiger partial charge in [-0.25, -0.2) is 0 Å². The van der Waals surface area contributed by atoms with Gasteiger partial charge < -0.3 is 19.1 Å². The topological polar surface area (TPSA) is 35.6 Å². The van der Waals surface area contributed by atoms with E-state index in [1.807, 2.05) is 91.1 Å². The van der Waals surface area contributed by atoms with Crippen LogP contribution in [0.15, 0.2) is 255 Å². The number of nitrogens with zero attached hydrogens (tertiary/aromatic N) is 4. The summed E-state index contributed by atoms with van der Waals surface area (Å²) >= 11 is 0. The largest absolute Gasteiger partial charge is 0.309 e. The van der Waals surface area contributed by atoms with Gasteiger partial charge in [-0.3, -0.25) is 0 Å². The third-order valence-electron chi connectivity index (χ3n) is 12.0. The summed E-state index contributed by atoms with van der Waals surface area (Å²) in [7, 11) is 7.17. The fraction of sp³-hybridized carbons (Fsp3) is 0.0159. The Kier molecular flexibility index (Phi) is 17.1. The number of benzene rings is 9. The van der Waals surface area contributed by atoms with E-state index in [-0.39, 0.29) is 40.2 Å². The van der Waals surface area contributed by atoms with Crippen molar-refractivity contribution in [2.45, 2.75) is 0 Å². The fourth-order valence-electron chi connectivity index (χ4n) is 8.96. The molecule has 346 valence electrons. The van der Waals surface area contributed by atoms with Gasteiger partial charge in [-0.05, 0) is 94.0 Å². The molecule has 0 bridgehead atoms. The average molecular weight is 1290 g/mol. The van der Waals surface area contributed by atoms with Crippen LogP contribution in [-0.2, 0) is 40.2 Å². The van der Waals surface area contributed by atoms with E-state index in [0.717, 1.165) is 22.5 Å². The number of aromatic nitrogens is 4. The molecule has 8 heteroatoms. The molecule has 1 atom stereocenters. The Morgan fingerprint density at radius 2 is 0.775 bits per heavy atom. The minimum absolute atomic E-state index is 0. The van der Waals surface area contributed by atoms with E-state index in [4.69, 9.17) is 7.85 Å². The molecule has 0 amide bonds. The van der Waals surface area contributed by atoms with E-state index in [1.165, 1.54) is 76.9 Å². The van der Waals surface area contributed by atoms with E-state index in [0.29, 0.717) is 6.06 Å². The third-order valence-corrected chi connectivity index (χ3v) is 12.0. The van der Waals surface area contributed by atoms with Gasteiger partial charge in [-0.2, -0.15) is 0 Å². The predicted octanol–water partition coefficient (Wildman–Crippen LogP) is 15.8. The van der Waals surface area contributed by atoms with E-state index in [1.54, 1.807) is 6.20 Å². The number of rotatable bonds is 5. The fourth-order valence-corrected chi connectivity index (χ4v) is 8.96. The Morgan fingerprint density at radius 1 is 0.380 bits per heavy atom. The normalized spacial score (nSPS) is 10.5.